The van der Waals surface area contributed by atoms with E-state index in [0.717, 1.165) is 43.9 Å². The van der Waals surface area contributed by atoms with E-state index in [1.54, 1.807) is 0 Å². The second kappa shape index (κ2) is 7.61. The van der Waals surface area contributed by atoms with E-state index in [4.69, 9.17) is 9.97 Å². The fraction of sp³-hybridized carbons (Fsp3) is 0.765. The molecule has 1 aromatic heterocycles. The number of rotatable bonds is 6. The molecule has 20 heavy (non-hydrogen) atoms. The van der Waals surface area contributed by atoms with Crippen molar-refractivity contribution in [1.82, 2.24) is 9.97 Å². The molecule has 3 heteroatoms. The van der Waals surface area contributed by atoms with Crippen LogP contribution in [0.1, 0.15) is 70.0 Å². The van der Waals surface area contributed by atoms with Crippen LogP contribution in [-0.4, -0.2) is 16.5 Å². The van der Waals surface area contributed by atoms with Crippen LogP contribution in [0.2, 0.25) is 0 Å². The maximum Gasteiger partial charge on any atom is 0.133 e. The van der Waals surface area contributed by atoms with Crippen molar-refractivity contribution < 1.29 is 0 Å². The van der Waals surface area contributed by atoms with E-state index in [9.17, 15) is 0 Å². The second-order valence-corrected chi connectivity index (χ2v) is 6.33. The van der Waals surface area contributed by atoms with Gasteiger partial charge in [-0.05, 0) is 44.4 Å². The van der Waals surface area contributed by atoms with Gasteiger partial charge in [0, 0.05) is 24.2 Å². The molecule has 3 nitrogen and oxygen atoms in total. The molecule has 0 atom stereocenters. The molecule has 0 spiro atoms. The Hall–Kier alpha value is -1.12. The summed E-state index contributed by atoms with van der Waals surface area (Å²) >= 11 is 0. The molecule has 0 aromatic carbocycles. The van der Waals surface area contributed by atoms with Gasteiger partial charge in [-0.25, -0.2) is 9.97 Å². The molecule has 0 saturated heterocycles. The van der Waals surface area contributed by atoms with Crippen molar-refractivity contribution in [2.75, 3.05) is 11.9 Å². The Bertz CT molecular complexity index is 426. The van der Waals surface area contributed by atoms with Gasteiger partial charge in [0.1, 0.15) is 11.6 Å². The molecule has 0 fully saturated rings. The summed E-state index contributed by atoms with van der Waals surface area (Å²) in [5, 5.41) is 3.53. The van der Waals surface area contributed by atoms with Crippen LogP contribution < -0.4 is 5.32 Å². The van der Waals surface area contributed by atoms with Crippen LogP contribution >= 0.6 is 0 Å². The van der Waals surface area contributed by atoms with Crippen LogP contribution in [0.25, 0.3) is 0 Å². The monoisotopic (exact) mass is 275 g/mol. The lowest BCUT2D eigenvalue weighted by atomic mass is 10.1. The number of anilines is 1. The van der Waals surface area contributed by atoms with E-state index in [2.05, 4.69) is 26.1 Å². The van der Waals surface area contributed by atoms with Gasteiger partial charge in [0.05, 0.1) is 0 Å². The van der Waals surface area contributed by atoms with Gasteiger partial charge in [-0.3, -0.25) is 0 Å². The number of hydrogen-bond acceptors (Lipinski definition) is 3. The third-order valence-corrected chi connectivity index (χ3v) is 3.97. The molecule has 2 rings (SSSR count). The molecule has 0 amide bonds. The summed E-state index contributed by atoms with van der Waals surface area (Å²) in [6.07, 6.45) is 9.48. The molecule has 1 aliphatic carbocycles. The van der Waals surface area contributed by atoms with Crippen LogP contribution in [0.3, 0.4) is 0 Å². The summed E-state index contributed by atoms with van der Waals surface area (Å²) in [5.74, 6) is 2.87. The van der Waals surface area contributed by atoms with Crippen LogP contribution in [0, 0.1) is 5.92 Å². The quantitative estimate of drug-likeness (QED) is 0.792. The fourth-order valence-corrected chi connectivity index (χ4v) is 2.74. The van der Waals surface area contributed by atoms with Crippen LogP contribution in [0.15, 0.2) is 0 Å². The Balaban J connectivity index is 2.23. The Morgan fingerprint density at radius 1 is 1.10 bits per heavy atom. The summed E-state index contributed by atoms with van der Waals surface area (Å²) in [6, 6.07) is 0. The number of nitrogens with one attached hydrogen (secondary N) is 1. The van der Waals surface area contributed by atoms with Gasteiger partial charge in [-0.1, -0.05) is 27.2 Å². The van der Waals surface area contributed by atoms with E-state index in [1.165, 1.54) is 36.9 Å². The van der Waals surface area contributed by atoms with E-state index >= 15 is 0 Å². The van der Waals surface area contributed by atoms with E-state index in [-0.39, 0.29) is 0 Å². The molecule has 0 bridgehead atoms. The number of hydrogen-bond donors (Lipinski definition) is 1. The van der Waals surface area contributed by atoms with Gasteiger partial charge in [0.25, 0.3) is 0 Å². The molecule has 0 unspecified atom stereocenters. The fourth-order valence-electron chi connectivity index (χ4n) is 2.74. The Morgan fingerprint density at radius 2 is 1.90 bits per heavy atom. The van der Waals surface area contributed by atoms with Crippen molar-refractivity contribution >= 4 is 5.82 Å². The maximum absolute atomic E-state index is 4.86. The topological polar surface area (TPSA) is 37.8 Å². The van der Waals surface area contributed by atoms with Crippen molar-refractivity contribution in [2.45, 2.75) is 72.1 Å². The largest absolute Gasteiger partial charge is 0.370 e. The van der Waals surface area contributed by atoms with Gasteiger partial charge in [-0.15, -0.1) is 0 Å². The zero-order chi connectivity index (χ0) is 14.4. The van der Waals surface area contributed by atoms with Crippen molar-refractivity contribution in [1.29, 1.82) is 0 Å². The number of aryl methyl sites for hydroxylation is 2. The van der Waals surface area contributed by atoms with Gasteiger partial charge in [0.15, 0.2) is 0 Å². The number of nitrogens with zero attached hydrogens (tertiary/aromatic N) is 2. The summed E-state index contributed by atoms with van der Waals surface area (Å²) < 4.78 is 0. The number of fused-ring (bicyclic) bond motifs is 1. The average molecular weight is 275 g/mol. The molecule has 0 radical (unpaired) electrons. The SMILES string of the molecule is CCCNc1nc(CCC(C)C)nc2c1CCCCC2. The molecular formula is C17H29N3. The molecule has 112 valence electrons. The summed E-state index contributed by atoms with van der Waals surface area (Å²) in [4.78, 5) is 9.68. The van der Waals surface area contributed by atoms with Gasteiger partial charge in [0.2, 0.25) is 0 Å². The van der Waals surface area contributed by atoms with Crippen molar-refractivity contribution in [3.05, 3.63) is 17.1 Å². The van der Waals surface area contributed by atoms with Crippen molar-refractivity contribution in [3.63, 3.8) is 0 Å². The molecule has 1 aliphatic rings. The highest BCUT2D eigenvalue weighted by Gasteiger charge is 2.16. The molecular weight excluding hydrogens is 246 g/mol. The zero-order valence-corrected chi connectivity index (χ0v) is 13.3. The Kier molecular flexibility index (Phi) is 5.81. The standard InChI is InChI=1S/C17H29N3/c1-4-12-18-17-14-8-6-5-7-9-15(14)19-16(20-17)11-10-13(2)3/h13H,4-12H2,1-3H3,(H,18,19,20). The van der Waals surface area contributed by atoms with Crippen molar-refractivity contribution in [2.24, 2.45) is 5.92 Å². The molecule has 1 heterocycles. The first-order chi connectivity index (χ1) is 9.70. The predicted molar refractivity (Wildman–Crippen MR) is 85.2 cm³/mol. The summed E-state index contributed by atoms with van der Waals surface area (Å²) in [7, 11) is 0. The minimum Gasteiger partial charge on any atom is -0.370 e. The van der Waals surface area contributed by atoms with E-state index < -0.39 is 0 Å². The molecule has 1 N–H and O–H groups in total. The van der Waals surface area contributed by atoms with Gasteiger partial charge < -0.3 is 5.32 Å². The highest BCUT2D eigenvalue weighted by molar-refractivity contribution is 5.47. The first kappa shape index (κ1) is 15.3. The van der Waals surface area contributed by atoms with Gasteiger partial charge >= 0.3 is 0 Å². The third kappa shape index (κ3) is 4.19. The summed E-state index contributed by atoms with van der Waals surface area (Å²) in [6.45, 7) is 7.74. The van der Waals surface area contributed by atoms with Crippen LogP contribution in [0.4, 0.5) is 5.82 Å². The summed E-state index contributed by atoms with van der Waals surface area (Å²) in [5.41, 5.74) is 2.71. The minimum atomic E-state index is 0.712. The van der Waals surface area contributed by atoms with E-state index in [1.807, 2.05) is 0 Å². The van der Waals surface area contributed by atoms with Crippen LogP contribution in [-0.2, 0) is 19.3 Å². The lowest BCUT2D eigenvalue weighted by Crippen LogP contribution is -2.12. The van der Waals surface area contributed by atoms with Gasteiger partial charge in [-0.2, -0.15) is 0 Å². The first-order valence-corrected chi connectivity index (χ1v) is 8.33. The highest BCUT2D eigenvalue weighted by atomic mass is 15.0. The normalized spacial score (nSPS) is 15.0. The smallest absolute Gasteiger partial charge is 0.133 e. The lowest BCUT2D eigenvalue weighted by molar-refractivity contribution is 0.573. The first-order valence-electron chi connectivity index (χ1n) is 8.33. The van der Waals surface area contributed by atoms with E-state index in [0.29, 0.717) is 5.92 Å². The number of aromatic nitrogens is 2. The Morgan fingerprint density at radius 3 is 2.65 bits per heavy atom. The second-order valence-electron chi connectivity index (χ2n) is 6.33. The lowest BCUT2D eigenvalue weighted by Gasteiger charge is -2.15. The van der Waals surface area contributed by atoms with Crippen molar-refractivity contribution in [3.8, 4) is 0 Å². The molecule has 0 saturated carbocycles. The minimum absolute atomic E-state index is 0.712. The average Bonchev–Trinajstić information content (AvgIpc) is 2.67. The third-order valence-electron chi connectivity index (χ3n) is 3.97. The predicted octanol–water partition coefficient (Wildman–Crippen LogP) is 4.16. The zero-order valence-electron chi connectivity index (χ0n) is 13.3. The Labute approximate surface area is 123 Å². The molecule has 1 aromatic rings. The highest BCUT2D eigenvalue weighted by Crippen LogP contribution is 2.25. The maximum atomic E-state index is 4.86. The van der Waals surface area contributed by atoms with Crippen LogP contribution in [0.5, 0.6) is 0 Å². The molecule has 0 aliphatic heterocycles.